The van der Waals surface area contributed by atoms with Gasteiger partial charge in [-0.25, -0.2) is 0 Å². The van der Waals surface area contributed by atoms with Crippen molar-refractivity contribution in [2.45, 2.75) is 18.8 Å². The molecule has 1 fully saturated rings. The van der Waals surface area contributed by atoms with Crippen LogP contribution in [-0.4, -0.2) is 41.1 Å². The Morgan fingerprint density at radius 3 is 2.90 bits per heavy atom. The Labute approximate surface area is 169 Å². The fourth-order valence-corrected chi connectivity index (χ4v) is 3.50. The Hall–Kier alpha value is -3.41. The maximum Gasteiger partial charge on any atom is 0.246 e. The standard InChI is InChI=1S/C23H23N3O3/c1-28-20-11-5-9-18(15-20)22-24-23(29-25-22)19-10-6-14-26(16-19)21(27)13-12-17-7-3-2-4-8-17/h2-5,7-9,11-13,15,19H,6,10,14,16H2,1H3/b13-12+. The average Bonchev–Trinajstić information content (AvgIpc) is 3.29. The summed E-state index contributed by atoms with van der Waals surface area (Å²) in [5.41, 5.74) is 1.85. The molecule has 0 saturated carbocycles. The van der Waals surface area contributed by atoms with Crippen LogP contribution < -0.4 is 4.74 Å². The Morgan fingerprint density at radius 1 is 1.21 bits per heavy atom. The zero-order valence-corrected chi connectivity index (χ0v) is 16.3. The van der Waals surface area contributed by atoms with Gasteiger partial charge in [-0.3, -0.25) is 4.79 Å². The van der Waals surface area contributed by atoms with Crippen molar-refractivity contribution in [3.05, 3.63) is 72.1 Å². The van der Waals surface area contributed by atoms with E-state index in [-0.39, 0.29) is 11.8 Å². The van der Waals surface area contributed by atoms with Crippen LogP contribution in [0.15, 0.2) is 65.2 Å². The number of nitrogens with zero attached hydrogens (tertiary/aromatic N) is 3. The number of methoxy groups -OCH3 is 1. The third kappa shape index (κ3) is 4.54. The van der Waals surface area contributed by atoms with Crippen molar-refractivity contribution in [3.63, 3.8) is 0 Å². The minimum absolute atomic E-state index is 0.00564. The summed E-state index contributed by atoms with van der Waals surface area (Å²) in [6.07, 6.45) is 5.31. The number of rotatable bonds is 5. The fraction of sp³-hybridized carbons (Fsp3) is 0.261. The number of ether oxygens (including phenoxy) is 1. The number of benzene rings is 2. The molecule has 3 aromatic rings. The molecule has 0 bridgehead atoms. The van der Waals surface area contributed by atoms with E-state index in [9.17, 15) is 4.79 Å². The number of carbonyl (C=O) groups excluding carboxylic acids is 1. The van der Waals surface area contributed by atoms with E-state index in [0.717, 1.165) is 36.3 Å². The lowest BCUT2D eigenvalue weighted by atomic mass is 9.98. The summed E-state index contributed by atoms with van der Waals surface area (Å²) in [5, 5.41) is 4.12. The van der Waals surface area contributed by atoms with Crippen molar-refractivity contribution in [1.82, 2.24) is 15.0 Å². The van der Waals surface area contributed by atoms with Crippen LogP contribution in [0.1, 0.15) is 30.2 Å². The molecule has 6 nitrogen and oxygen atoms in total. The molecule has 1 saturated heterocycles. The molecule has 1 aliphatic heterocycles. The summed E-state index contributed by atoms with van der Waals surface area (Å²) in [5.74, 6) is 1.91. The van der Waals surface area contributed by atoms with E-state index in [1.165, 1.54) is 0 Å². The van der Waals surface area contributed by atoms with E-state index < -0.39 is 0 Å². The Bertz CT molecular complexity index is 997. The van der Waals surface area contributed by atoms with Crippen molar-refractivity contribution in [2.75, 3.05) is 20.2 Å². The molecule has 0 spiro atoms. The maximum absolute atomic E-state index is 12.6. The topological polar surface area (TPSA) is 68.5 Å². The molecule has 6 heteroatoms. The van der Waals surface area contributed by atoms with Gasteiger partial charge in [-0.2, -0.15) is 4.98 Å². The third-order valence-corrected chi connectivity index (χ3v) is 5.07. The number of likely N-dealkylation sites (tertiary alicyclic amines) is 1. The first-order valence-electron chi connectivity index (χ1n) is 9.73. The fourth-order valence-electron chi connectivity index (χ4n) is 3.50. The van der Waals surface area contributed by atoms with Crippen LogP contribution in [0.5, 0.6) is 5.75 Å². The van der Waals surface area contributed by atoms with E-state index in [4.69, 9.17) is 9.26 Å². The van der Waals surface area contributed by atoms with Crippen LogP contribution in [-0.2, 0) is 4.79 Å². The molecule has 0 aliphatic carbocycles. The molecule has 29 heavy (non-hydrogen) atoms. The Balaban J connectivity index is 1.44. The lowest BCUT2D eigenvalue weighted by Gasteiger charge is -2.30. The molecule has 2 heterocycles. The van der Waals surface area contributed by atoms with E-state index in [1.54, 1.807) is 13.2 Å². The normalized spacial score (nSPS) is 16.9. The van der Waals surface area contributed by atoms with Crippen molar-refractivity contribution in [3.8, 4) is 17.1 Å². The second-order valence-corrected chi connectivity index (χ2v) is 7.06. The molecule has 148 valence electrons. The van der Waals surface area contributed by atoms with Crippen LogP contribution in [0.4, 0.5) is 0 Å². The number of aromatic nitrogens is 2. The van der Waals surface area contributed by atoms with E-state index in [0.29, 0.717) is 18.3 Å². The molecular formula is C23H23N3O3. The van der Waals surface area contributed by atoms with Gasteiger partial charge in [0.2, 0.25) is 17.6 Å². The van der Waals surface area contributed by atoms with Gasteiger partial charge in [0.15, 0.2) is 0 Å². The van der Waals surface area contributed by atoms with Crippen molar-refractivity contribution in [1.29, 1.82) is 0 Å². The van der Waals surface area contributed by atoms with Gasteiger partial charge < -0.3 is 14.2 Å². The van der Waals surface area contributed by atoms with Crippen LogP contribution in [0.3, 0.4) is 0 Å². The number of hydrogen-bond acceptors (Lipinski definition) is 5. The zero-order chi connectivity index (χ0) is 20.1. The summed E-state index contributed by atoms with van der Waals surface area (Å²) in [6, 6.07) is 17.4. The van der Waals surface area contributed by atoms with Crippen LogP contribution >= 0.6 is 0 Å². The van der Waals surface area contributed by atoms with Crippen LogP contribution in [0, 0.1) is 0 Å². The number of amides is 1. The highest BCUT2D eigenvalue weighted by Crippen LogP contribution is 2.28. The first kappa shape index (κ1) is 18.9. The summed E-state index contributed by atoms with van der Waals surface area (Å²) in [4.78, 5) is 19.0. The van der Waals surface area contributed by atoms with Crippen molar-refractivity contribution < 1.29 is 14.1 Å². The van der Waals surface area contributed by atoms with Gasteiger partial charge in [-0.1, -0.05) is 47.6 Å². The maximum atomic E-state index is 12.6. The lowest BCUT2D eigenvalue weighted by Crippen LogP contribution is -2.38. The van der Waals surface area contributed by atoms with Crippen LogP contribution in [0.2, 0.25) is 0 Å². The van der Waals surface area contributed by atoms with Crippen molar-refractivity contribution >= 4 is 12.0 Å². The van der Waals surface area contributed by atoms with Gasteiger partial charge in [-0.15, -0.1) is 0 Å². The minimum Gasteiger partial charge on any atom is -0.497 e. The molecule has 0 radical (unpaired) electrons. The lowest BCUT2D eigenvalue weighted by molar-refractivity contribution is -0.127. The van der Waals surface area contributed by atoms with Gasteiger partial charge in [-0.05, 0) is 36.6 Å². The molecule has 1 aliphatic rings. The van der Waals surface area contributed by atoms with E-state index in [1.807, 2.05) is 65.6 Å². The summed E-state index contributed by atoms with van der Waals surface area (Å²) >= 11 is 0. The Kier molecular flexibility index (Phi) is 5.70. The molecular weight excluding hydrogens is 366 g/mol. The SMILES string of the molecule is COc1cccc(-c2noc(C3CCCN(C(=O)/C=C/c4ccccc4)C3)n2)c1. The smallest absolute Gasteiger partial charge is 0.246 e. The average molecular weight is 389 g/mol. The van der Waals surface area contributed by atoms with Crippen LogP contribution in [0.25, 0.3) is 17.5 Å². The molecule has 1 aromatic heterocycles. The van der Waals surface area contributed by atoms with Gasteiger partial charge in [0.25, 0.3) is 0 Å². The van der Waals surface area contributed by atoms with E-state index in [2.05, 4.69) is 10.1 Å². The highest BCUT2D eigenvalue weighted by Gasteiger charge is 2.28. The second-order valence-electron chi connectivity index (χ2n) is 7.06. The quantitative estimate of drug-likeness (QED) is 0.613. The highest BCUT2D eigenvalue weighted by atomic mass is 16.5. The van der Waals surface area contributed by atoms with Gasteiger partial charge >= 0.3 is 0 Å². The molecule has 1 atom stereocenters. The number of carbonyl (C=O) groups is 1. The number of hydrogen-bond donors (Lipinski definition) is 0. The largest absolute Gasteiger partial charge is 0.497 e. The summed E-state index contributed by atoms with van der Waals surface area (Å²) in [7, 11) is 1.63. The zero-order valence-electron chi connectivity index (χ0n) is 16.3. The molecule has 0 N–H and O–H groups in total. The van der Waals surface area contributed by atoms with Gasteiger partial charge in [0.05, 0.1) is 13.0 Å². The third-order valence-electron chi connectivity index (χ3n) is 5.07. The van der Waals surface area contributed by atoms with E-state index >= 15 is 0 Å². The number of piperidine rings is 1. The predicted molar refractivity (Wildman–Crippen MR) is 110 cm³/mol. The second kappa shape index (κ2) is 8.73. The van der Waals surface area contributed by atoms with Crippen molar-refractivity contribution in [2.24, 2.45) is 0 Å². The Morgan fingerprint density at radius 2 is 2.07 bits per heavy atom. The monoisotopic (exact) mass is 389 g/mol. The molecule has 1 unspecified atom stereocenters. The molecule has 2 aromatic carbocycles. The highest BCUT2D eigenvalue weighted by molar-refractivity contribution is 5.91. The first-order valence-corrected chi connectivity index (χ1v) is 9.73. The first-order chi connectivity index (χ1) is 14.2. The molecule has 4 rings (SSSR count). The summed E-state index contributed by atoms with van der Waals surface area (Å²) < 4.78 is 10.8. The summed E-state index contributed by atoms with van der Waals surface area (Å²) in [6.45, 7) is 1.32. The van der Waals surface area contributed by atoms with Gasteiger partial charge in [0.1, 0.15) is 5.75 Å². The molecule has 1 amide bonds. The minimum atomic E-state index is 0.00564. The predicted octanol–water partition coefficient (Wildman–Crippen LogP) is 4.16. The van der Waals surface area contributed by atoms with Gasteiger partial charge in [0, 0.05) is 24.7 Å².